The van der Waals surface area contributed by atoms with Crippen molar-refractivity contribution in [2.75, 3.05) is 0 Å². The van der Waals surface area contributed by atoms with Crippen LogP contribution in [0.3, 0.4) is 0 Å². The van der Waals surface area contributed by atoms with Gasteiger partial charge in [-0.25, -0.2) is 0 Å². The molecule has 0 atom stereocenters. The first-order valence-electron chi connectivity index (χ1n) is 11.3. The normalized spacial score (nSPS) is 12.9. The van der Waals surface area contributed by atoms with E-state index in [1.807, 2.05) is 38.1 Å². The summed E-state index contributed by atoms with van der Waals surface area (Å²) < 4.78 is 4.14. The minimum absolute atomic E-state index is 0. The number of halogens is 2. The molecule has 0 saturated heterocycles. The number of benzene rings is 2. The summed E-state index contributed by atoms with van der Waals surface area (Å²) in [6.45, 7) is 8.22. The number of aromatic amines is 1. The molecule has 1 aliphatic carbocycles. The Morgan fingerprint density at radius 1 is 1.00 bits per heavy atom. The maximum atomic E-state index is 10.1. The Labute approximate surface area is 366 Å². The largest absolute Gasteiger partial charge is 1.00 e. The van der Waals surface area contributed by atoms with Gasteiger partial charge in [0.1, 0.15) is 7.40 Å². The zero-order valence-electron chi connectivity index (χ0n) is 22.4. The molecule has 0 radical (unpaired) electrons. The number of nitrogens with one attached hydrogen (secondary N) is 1. The van der Waals surface area contributed by atoms with Crippen LogP contribution in [0, 0.1) is 13.3 Å². The van der Waals surface area contributed by atoms with E-state index in [2.05, 4.69) is 77.3 Å². The maximum Gasteiger partial charge on any atom is 1.00 e. The van der Waals surface area contributed by atoms with Gasteiger partial charge in [-0.3, -0.25) is 9.78 Å². The molecule has 194 valence electrons. The smallest absolute Gasteiger partial charge is 0.652 e. The van der Waals surface area contributed by atoms with Crippen molar-refractivity contribution in [2.45, 2.75) is 58.3 Å². The van der Waals surface area contributed by atoms with Crippen LogP contribution in [0.5, 0.6) is 0 Å². The van der Waals surface area contributed by atoms with Crippen molar-refractivity contribution < 1.29 is 163 Å². The third-order valence-electron chi connectivity index (χ3n) is 5.75. The van der Waals surface area contributed by atoms with Gasteiger partial charge in [-0.2, -0.15) is 10.2 Å². The molecule has 0 spiro atoms. The van der Waals surface area contributed by atoms with E-state index in [0.29, 0.717) is 0 Å². The minimum Gasteiger partial charge on any atom is -0.652 e. The molecule has 3 N–H and O–H groups in total. The average Bonchev–Trinajstić information content (AvgIpc) is 3.43. The number of hydrogen-bond donors (Lipinski definition) is 3. The standard InChI is InChI=1S/C14H17IN2O.C10H11IN2O.CH2O3.2Cs/c1-14(2,18)10-5-6-12-11(7-10)13(15)16-17(12)8-9-3-4-9;1-10(2,14)6-3-4-8-7(5-6)9(11)13-12-8;2-1(3)4;;/h5-7,9,18H,3-4,8H2,1-2H3;3-5,14H,1-2H3,(H,12,13);(H2,2,3,4);;/q;;;2*+1/p-2. The van der Waals surface area contributed by atoms with E-state index in [4.69, 9.17) is 15.0 Å². The molecule has 0 bridgehead atoms. The van der Waals surface area contributed by atoms with Gasteiger partial charge in [0.05, 0.1) is 22.2 Å². The first-order valence-corrected chi connectivity index (χ1v) is 13.5. The molecule has 5 rings (SSSR count). The minimum atomic E-state index is -2.33. The summed E-state index contributed by atoms with van der Waals surface area (Å²) >= 11 is 4.48. The van der Waals surface area contributed by atoms with E-state index in [1.165, 1.54) is 18.4 Å². The van der Waals surface area contributed by atoms with Gasteiger partial charge in [-0.1, -0.05) is 12.1 Å². The van der Waals surface area contributed by atoms with E-state index in [1.54, 1.807) is 13.8 Å². The second kappa shape index (κ2) is 16.3. The summed E-state index contributed by atoms with van der Waals surface area (Å²) in [5, 5.41) is 50.4. The van der Waals surface area contributed by atoms with Crippen LogP contribution >= 0.6 is 45.2 Å². The molecule has 2 heterocycles. The average molecular weight is 984 g/mol. The third kappa shape index (κ3) is 11.3. The number of aliphatic hydroxyl groups is 2. The molecule has 4 aromatic rings. The first-order chi connectivity index (χ1) is 16.7. The van der Waals surface area contributed by atoms with Crippen LogP contribution in [0.2, 0.25) is 0 Å². The molecular weight excluding hydrogens is 956 g/mol. The van der Waals surface area contributed by atoms with Gasteiger partial charge in [-0.05, 0) is 133 Å². The van der Waals surface area contributed by atoms with Crippen LogP contribution in [0.25, 0.3) is 21.8 Å². The molecular formula is C25H28Cs2I2N4O5. The van der Waals surface area contributed by atoms with Crippen LogP contribution in [-0.4, -0.2) is 36.3 Å². The van der Waals surface area contributed by atoms with E-state index < -0.39 is 17.4 Å². The maximum absolute atomic E-state index is 10.1. The topological polar surface area (TPSA) is 150 Å². The van der Waals surface area contributed by atoms with Crippen LogP contribution in [0.4, 0.5) is 4.79 Å². The fourth-order valence-electron chi connectivity index (χ4n) is 3.56. The molecule has 1 aliphatic rings. The van der Waals surface area contributed by atoms with Gasteiger partial charge in [0.25, 0.3) is 0 Å². The molecule has 9 nitrogen and oxygen atoms in total. The van der Waals surface area contributed by atoms with Crippen LogP contribution in [0.1, 0.15) is 51.7 Å². The number of fused-ring (bicyclic) bond motifs is 2. The van der Waals surface area contributed by atoms with Gasteiger partial charge in [0, 0.05) is 17.3 Å². The van der Waals surface area contributed by atoms with Crippen molar-refractivity contribution in [3.63, 3.8) is 0 Å². The number of hydrogen-bond acceptors (Lipinski definition) is 7. The van der Waals surface area contributed by atoms with Crippen molar-refractivity contribution in [3.05, 3.63) is 54.9 Å². The number of rotatable bonds is 4. The molecule has 1 fully saturated rings. The summed E-state index contributed by atoms with van der Waals surface area (Å²) in [4.78, 5) is 8.33. The van der Waals surface area contributed by atoms with Gasteiger partial charge >= 0.3 is 138 Å². The molecule has 13 heteroatoms. The van der Waals surface area contributed by atoms with Gasteiger partial charge in [-0.15, -0.1) is 0 Å². The first kappa shape index (κ1) is 38.2. The quantitative estimate of drug-likeness (QED) is 0.188. The van der Waals surface area contributed by atoms with Crippen molar-refractivity contribution >= 4 is 73.1 Å². The number of nitrogens with zero attached hydrogens (tertiary/aromatic N) is 3. The fraction of sp³-hybridized carbons (Fsp3) is 0.400. The molecule has 2 aromatic heterocycles. The van der Waals surface area contributed by atoms with E-state index in [-0.39, 0.29) is 138 Å². The molecule has 1 saturated carbocycles. The van der Waals surface area contributed by atoms with Crippen molar-refractivity contribution in [1.29, 1.82) is 0 Å². The summed E-state index contributed by atoms with van der Waals surface area (Å²) in [6, 6.07) is 11.9. The molecule has 0 amide bonds. The predicted octanol–water partition coefficient (Wildman–Crippen LogP) is -2.77. The predicted molar refractivity (Wildman–Crippen MR) is 150 cm³/mol. The second-order valence-corrected chi connectivity index (χ2v) is 11.9. The van der Waals surface area contributed by atoms with Gasteiger partial charge in [0.2, 0.25) is 0 Å². The van der Waals surface area contributed by atoms with E-state index in [0.717, 1.165) is 47.3 Å². The SMILES string of the molecule is CC(C)(O)c1ccc2c(c1)c(I)nn2CC1CC1.CC(C)(O)c1ccc2n[nH]c(I)c2c1.O=C([O-])[O-].[Cs+].[Cs+]. The number of carbonyl (C=O) groups is 1. The number of carbonyl (C=O) groups excluding carboxylic acids is 1. The number of H-pyrrole nitrogens is 1. The van der Waals surface area contributed by atoms with Crippen molar-refractivity contribution in [2.24, 2.45) is 5.92 Å². The van der Waals surface area contributed by atoms with E-state index >= 15 is 0 Å². The van der Waals surface area contributed by atoms with Crippen molar-refractivity contribution in [3.8, 4) is 0 Å². The molecule has 0 unspecified atom stereocenters. The summed E-state index contributed by atoms with van der Waals surface area (Å²) in [5.41, 5.74) is 2.37. The van der Waals surface area contributed by atoms with Crippen molar-refractivity contribution in [1.82, 2.24) is 20.0 Å². The number of aromatic nitrogens is 4. The molecule has 0 aliphatic heterocycles. The molecule has 38 heavy (non-hydrogen) atoms. The third-order valence-corrected chi connectivity index (χ3v) is 7.37. The Balaban J connectivity index is 0.000000326. The molecule has 2 aromatic carbocycles. The van der Waals surface area contributed by atoms with E-state index in [9.17, 15) is 10.2 Å². The fourth-order valence-corrected chi connectivity index (χ4v) is 4.81. The Hall–Kier alpha value is 2.13. The van der Waals surface area contributed by atoms with Gasteiger partial charge in [0.15, 0.2) is 0 Å². The second-order valence-electron chi connectivity index (χ2n) is 9.79. The number of carboxylic acid groups (broad SMARTS) is 2. The van der Waals surface area contributed by atoms with Crippen LogP contribution < -0.4 is 148 Å². The summed E-state index contributed by atoms with van der Waals surface area (Å²) in [6.07, 6.45) is 0.333. The summed E-state index contributed by atoms with van der Waals surface area (Å²) in [5.74, 6) is 0.817. The zero-order chi connectivity index (χ0) is 26.8. The van der Waals surface area contributed by atoms with Gasteiger partial charge < -0.3 is 25.2 Å². The zero-order valence-corrected chi connectivity index (χ0v) is 39.3. The monoisotopic (exact) mass is 984 g/mol. The Morgan fingerprint density at radius 3 is 2.00 bits per heavy atom. The Morgan fingerprint density at radius 2 is 1.50 bits per heavy atom. The summed E-state index contributed by atoms with van der Waals surface area (Å²) in [7, 11) is 0. The Kier molecular flexibility index (Phi) is 16.3. The Bertz CT molecular complexity index is 1370. The van der Waals surface area contributed by atoms with Crippen LogP contribution in [0.15, 0.2) is 36.4 Å². The van der Waals surface area contributed by atoms with Crippen LogP contribution in [-0.2, 0) is 17.7 Å².